The summed E-state index contributed by atoms with van der Waals surface area (Å²) in [5.41, 5.74) is 5.09. The second-order valence-corrected chi connectivity index (χ2v) is 11.6. The molecule has 1 fully saturated rings. The number of hydrogen-bond donors (Lipinski definition) is 2. The van der Waals surface area contributed by atoms with Crippen LogP contribution >= 0.6 is 11.6 Å². The van der Waals surface area contributed by atoms with Gasteiger partial charge < -0.3 is 20.5 Å². The van der Waals surface area contributed by atoms with Gasteiger partial charge in [0.1, 0.15) is 10.6 Å². The highest BCUT2D eigenvalue weighted by atomic mass is 35.5. The zero-order chi connectivity index (χ0) is 26.3. The minimum absolute atomic E-state index is 0.0631. The number of amides is 2. The average Bonchev–Trinajstić information content (AvgIpc) is 3.14. The van der Waals surface area contributed by atoms with E-state index in [1.807, 2.05) is 0 Å². The molecule has 0 radical (unpaired) electrons. The molecule has 0 bridgehead atoms. The molecule has 1 aliphatic heterocycles. The van der Waals surface area contributed by atoms with Gasteiger partial charge in [-0.05, 0) is 36.6 Å². The second kappa shape index (κ2) is 9.82. The third-order valence-electron chi connectivity index (χ3n) is 7.22. The Balaban J connectivity index is 1.94. The van der Waals surface area contributed by atoms with E-state index < -0.39 is 27.4 Å². The minimum Gasteiger partial charge on any atom is -0.495 e. The van der Waals surface area contributed by atoms with Crippen molar-refractivity contribution in [3.8, 4) is 5.75 Å². The number of nitrogens with one attached hydrogen (secondary N) is 1. The van der Waals surface area contributed by atoms with Crippen molar-refractivity contribution in [2.75, 3.05) is 32.3 Å². The van der Waals surface area contributed by atoms with Gasteiger partial charge in [0.15, 0.2) is 5.54 Å². The van der Waals surface area contributed by atoms with Crippen molar-refractivity contribution in [2.24, 2.45) is 5.92 Å². The molecule has 2 aliphatic rings. The van der Waals surface area contributed by atoms with E-state index in [-0.39, 0.29) is 32.2 Å². The molecule has 0 saturated heterocycles. The van der Waals surface area contributed by atoms with Gasteiger partial charge in [-0.15, -0.1) is 0 Å². The van der Waals surface area contributed by atoms with E-state index in [9.17, 15) is 18.0 Å². The number of nitrogens with zero attached hydrogens (tertiary/aromatic N) is 1. The number of carbonyl (C=O) groups excluding carboxylic acids is 2. The zero-order valence-electron chi connectivity index (χ0n) is 20.5. The van der Waals surface area contributed by atoms with E-state index in [2.05, 4.69) is 5.32 Å². The van der Waals surface area contributed by atoms with Crippen LogP contribution < -0.4 is 15.8 Å². The monoisotopic (exact) mass is 535 g/mol. The maximum atomic E-state index is 13.9. The third-order valence-corrected chi connectivity index (χ3v) is 9.26. The number of sulfone groups is 1. The van der Waals surface area contributed by atoms with Crippen LogP contribution in [0.15, 0.2) is 40.1 Å². The molecule has 194 valence electrons. The normalized spacial score (nSPS) is 19.9. The number of nitrogen functional groups attached to an aromatic ring is 1. The molecule has 1 unspecified atom stereocenters. The summed E-state index contributed by atoms with van der Waals surface area (Å²) in [6.45, 7) is 0. The molecule has 2 aromatic carbocycles. The van der Waals surface area contributed by atoms with Gasteiger partial charge in [0.25, 0.3) is 5.91 Å². The third kappa shape index (κ3) is 4.26. The molecule has 36 heavy (non-hydrogen) atoms. The van der Waals surface area contributed by atoms with E-state index in [1.165, 1.54) is 50.4 Å². The van der Waals surface area contributed by atoms with Gasteiger partial charge in [-0.2, -0.15) is 0 Å². The lowest BCUT2D eigenvalue weighted by Gasteiger charge is -2.39. The van der Waals surface area contributed by atoms with Crippen LogP contribution in [0.1, 0.15) is 44.1 Å². The Hall–Kier alpha value is -2.98. The summed E-state index contributed by atoms with van der Waals surface area (Å²) in [7, 11) is -0.147. The van der Waals surface area contributed by atoms with Crippen molar-refractivity contribution in [1.82, 2.24) is 4.90 Å². The Morgan fingerprint density at radius 1 is 1.17 bits per heavy atom. The first-order valence-electron chi connectivity index (χ1n) is 11.7. The van der Waals surface area contributed by atoms with Crippen molar-refractivity contribution >= 4 is 44.8 Å². The first kappa shape index (κ1) is 26.1. The lowest BCUT2D eigenvalue weighted by Crippen LogP contribution is -2.53. The topological polar surface area (TPSA) is 128 Å². The van der Waals surface area contributed by atoms with Crippen LogP contribution in [0.5, 0.6) is 5.75 Å². The smallest absolute Gasteiger partial charge is 0.410 e. The SMILES string of the molecule is COC(=O)N(C)C1(CC2CCCCC2)C(=O)Nc2c1cc(Cl)cc2S(=O)(=O)c1ccc(N)cc1OC. The Bertz CT molecular complexity index is 1310. The van der Waals surface area contributed by atoms with Gasteiger partial charge >= 0.3 is 6.09 Å². The second-order valence-electron chi connectivity index (χ2n) is 9.29. The number of rotatable bonds is 6. The lowest BCUT2D eigenvalue weighted by molar-refractivity contribution is -0.127. The van der Waals surface area contributed by atoms with Crippen molar-refractivity contribution in [1.29, 1.82) is 0 Å². The lowest BCUT2D eigenvalue weighted by atomic mass is 9.76. The number of halogens is 1. The molecule has 2 amide bonds. The van der Waals surface area contributed by atoms with Gasteiger partial charge in [0.2, 0.25) is 9.84 Å². The van der Waals surface area contributed by atoms with E-state index >= 15 is 0 Å². The largest absolute Gasteiger partial charge is 0.495 e. The van der Waals surface area contributed by atoms with Crippen molar-refractivity contribution < 1.29 is 27.5 Å². The molecule has 0 aromatic heterocycles. The van der Waals surface area contributed by atoms with Crippen LogP contribution in [0.3, 0.4) is 0 Å². The first-order chi connectivity index (χ1) is 17.1. The molecule has 4 rings (SSSR count). The number of ether oxygens (including phenoxy) is 2. The van der Waals surface area contributed by atoms with E-state index in [4.69, 9.17) is 26.8 Å². The van der Waals surface area contributed by atoms with Gasteiger partial charge in [0, 0.05) is 29.4 Å². The van der Waals surface area contributed by atoms with E-state index in [0.29, 0.717) is 17.7 Å². The van der Waals surface area contributed by atoms with Gasteiger partial charge in [0.05, 0.1) is 24.8 Å². The molecule has 2 aromatic rings. The highest BCUT2D eigenvalue weighted by Gasteiger charge is 2.54. The number of anilines is 2. The molecule has 3 N–H and O–H groups in total. The van der Waals surface area contributed by atoms with E-state index in [1.54, 1.807) is 6.07 Å². The number of carbonyl (C=O) groups is 2. The summed E-state index contributed by atoms with van der Waals surface area (Å²) >= 11 is 6.47. The number of fused-ring (bicyclic) bond motifs is 1. The number of methoxy groups -OCH3 is 2. The summed E-state index contributed by atoms with van der Waals surface area (Å²) in [5.74, 6) is -0.272. The van der Waals surface area contributed by atoms with Gasteiger partial charge in [-0.25, -0.2) is 13.2 Å². The fourth-order valence-electron chi connectivity index (χ4n) is 5.39. The highest BCUT2D eigenvalue weighted by Crippen LogP contribution is 2.50. The summed E-state index contributed by atoms with van der Waals surface area (Å²) in [5, 5.41) is 2.88. The number of nitrogens with two attached hydrogens (primary N) is 1. The number of benzene rings is 2. The molecular weight excluding hydrogens is 506 g/mol. The molecule has 0 spiro atoms. The summed E-state index contributed by atoms with van der Waals surface area (Å²) in [6, 6.07) is 7.06. The predicted octanol–water partition coefficient (Wildman–Crippen LogP) is 4.58. The molecule has 1 atom stereocenters. The predicted molar refractivity (Wildman–Crippen MR) is 136 cm³/mol. The molecule has 1 aliphatic carbocycles. The maximum absolute atomic E-state index is 13.9. The van der Waals surface area contributed by atoms with Crippen molar-refractivity contribution in [3.63, 3.8) is 0 Å². The molecule has 11 heteroatoms. The summed E-state index contributed by atoms with van der Waals surface area (Å²) in [4.78, 5) is 27.4. The first-order valence-corrected chi connectivity index (χ1v) is 13.6. The summed E-state index contributed by atoms with van der Waals surface area (Å²) < 4.78 is 38.0. The van der Waals surface area contributed by atoms with Crippen LogP contribution in [-0.2, 0) is 24.9 Å². The van der Waals surface area contributed by atoms with Gasteiger partial charge in [-0.1, -0.05) is 43.7 Å². The Morgan fingerprint density at radius 2 is 1.86 bits per heavy atom. The van der Waals surface area contributed by atoms with Crippen molar-refractivity contribution in [2.45, 2.75) is 53.9 Å². The average molecular weight is 536 g/mol. The maximum Gasteiger partial charge on any atom is 0.410 e. The highest BCUT2D eigenvalue weighted by molar-refractivity contribution is 7.91. The minimum atomic E-state index is -4.22. The van der Waals surface area contributed by atoms with Crippen LogP contribution in [0.25, 0.3) is 0 Å². The summed E-state index contributed by atoms with van der Waals surface area (Å²) in [6.07, 6.45) is 4.62. The standard InChI is InChI=1S/C25H30ClN3O6S/c1-29(24(31)35-3)25(14-15-7-5-4-6-8-15)18-11-16(26)12-21(22(18)28-23(25)30)36(32,33)20-10-9-17(27)13-19(20)34-2/h9-13,15H,4-8,14,27H2,1-3H3,(H,28,30). The Labute approximate surface area is 215 Å². The van der Waals surface area contributed by atoms with Crippen LogP contribution in [0.4, 0.5) is 16.2 Å². The quantitative estimate of drug-likeness (QED) is 0.518. The molecular formula is C25H30ClN3O6S. The van der Waals surface area contributed by atoms with Crippen molar-refractivity contribution in [3.05, 3.63) is 40.9 Å². The zero-order valence-corrected chi connectivity index (χ0v) is 22.0. The fourth-order valence-corrected chi connectivity index (χ4v) is 7.27. The Morgan fingerprint density at radius 3 is 2.50 bits per heavy atom. The van der Waals surface area contributed by atoms with Crippen LogP contribution in [0, 0.1) is 5.92 Å². The fraction of sp³-hybridized carbons (Fsp3) is 0.440. The Kier molecular flexibility index (Phi) is 7.12. The molecule has 1 heterocycles. The number of likely N-dealkylation sites (N-methyl/N-ethyl adjacent to an activating group) is 1. The van der Waals surface area contributed by atoms with Gasteiger partial charge in [-0.3, -0.25) is 9.69 Å². The van der Waals surface area contributed by atoms with Crippen LogP contribution in [-0.4, -0.2) is 46.6 Å². The van der Waals surface area contributed by atoms with E-state index in [0.717, 1.165) is 32.1 Å². The molecule has 1 saturated carbocycles. The van der Waals surface area contributed by atoms with Crippen LogP contribution in [0.2, 0.25) is 5.02 Å². The molecule has 9 nitrogen and oxygen atoms in total. The number of hydrogen-bond acceptors (Lipinski definition) is 7.